The lowest BCUT2D eigenvalue weighted by molar-refractivity contribution is -0.119. The summed E-state index contributed by atoms with van der Waals surface area (Å²) >= 11 is 0. The molecule has 0 bridgehead atoms. The predicted octanol–water partition coefficient (Wildman–Crippen LogP) is 2.35. The van der Waals surface area contributed by atoms with E-state index < -0.39 is 24.6 Å². The summed E-state index contributed by atoms with van der Waals surface area (Å²) in [6.45, 7) is 4.61. The average Bonchev–Trinajstić information content (AvgIpc) is 2.87. The van der Waals surface area contributed by atoms with Crippen LogP contribution < -0.4 is 5.32 Å². The van der Waals surface area contributed by atoms with Crippen molar-refractivity contribution in [3.8, 4) is 6.07 Å². The third kappa shape index (κ3) is 4.25. The van der Waals surface area contributed by atoms with Gasteiger partial charge in [0.05, 0.1) is 17.7 Å². The van der Waals surface area contributed by atoms with Crippen LogP contribution in [0.15, 0.2) is 24.3 Å². The predicted molar refractivity (Wildman–Crippen MR) is 91.0 cm³/mol. The number of aliphatic hydroxyl groups is 1. The Morgan fingerprint density at radius 2 is 2.12 bits per heavy atom. The first kappa shape index (κ1) is 18.2. The Morgan fingerprint density at radius 1 is 1.40 bits per heavy atom. The number of aliphatic hydroxyl groups excluding tert-OH is 1. The molecule has 7 heteroatoms. The lowest BCUT2D eigenvalue weighted by atomic mass is 10.1. The topological polar surface area (TPSA) is 115 Å². The number of hydrogen-bond acceptors (Lipinski definition) is 5. The molecule has 0 radical (unpaired) electrons. The summed E-state index contributed by atoms with van der Waals surface area (Å²) in [5.74, 6) is -1.19. The third-order valence-electron chi connectivity index (χ3n) is 3.73. The molecule has 0 saturated heterocycles. The van der Waals surface area contributed by atoms with Gasteiger partial charge in [0.2, 0.25) is 0 Å². The van der Waals surface area contributed by atoms with E-state index >= 15 is 0 Å². The minimum atomic E-state index is -0.714. The number of aromatic amines is 1. The Morgan fingerprint density at radius 3 is 2.72 bits per heavy atom. The first-order chi connectivity index (χ1) is 11.8. The van der Waals surface area contributed by atoms with E-state index in [1.54, 1.807) is 39.0 Å². The van der Waals surface area contributed by atoms with Gasteiger partial charge in [-0.25, -0.2) is 4.79 Å². The molecule has 3 N–H and O–H groups in total. The second kappa shape index (κ2) is 7.64. The standard InChI is InChI=1S/C18H19N3O4/c1-10-16(12(3)22)11(2)20-17(10)18(24)25-9-15(23)21-14-6-4-5-13(7-14)8-19/h4-7,12,20,22H,9H2,1-3H3,(H,21,23)/t12-/m0/s1. The highest BCUT2D eigenvalue weighted by molar-refractivity contribution is 5.95. The van der Waals surface area contributed by atoms with Crippen LogP contribution in [0.4, 0.5) is 5.69 Å². The molecule has 2 rings (SSSR count). The molecule has 0 saturated carbocycles. The highest BCUT2D eigenvalue weighted by atomic mass is 16.5. The van der Waals surface area contributed by atoms with Gasteiger partial charge in [-0.15, -0.1) is 0 Å². The normalized spacial score (nSPS) is 11.5. The maximum absolute atomic E-state index is 12.2. The molecule has 1 aromatic carbocycles. The molecule has 0 aliphatic heterocycles. The van der Waals surface area contributed by atoms with Crippen LogP contribution in [-0.2, 0) is 9.53 Å². The number of benzene rings is 1. The molecule has 1 heterocycles. The fraction of sp³-hybridized carbons (Fsp3) is 0.278. The number of nitrogens with zero attached hydrogens (tertiary/aromatic N) is 1. The van der Waals surface area contributed by atoms with Crippen LogP contribution in [0.25, 0.3) is 0 Å². The zero-order chi connectivity index (χ0) is 18.6. The number of ether oxygens (including phenoxy) is 1. The van der Waals surface area contributed by atoms with Crippen LogP contribution in [0, 0.1) is 25.2 Å². The van der Waals surface area contributed by atoms with Gasteiger partial charge in [0.1, 0.15) is 5.69 Å². The van der Waals surface area contributed by atoms with Gasteiger partial charge in [0.15, 0.2) is 6.61 Å². The van der Waals surface area contributed by atoms with Crippen molar-refractivity contribution in [3.63, 3.8) is 0 Å². The van der Waals surface area contributed by atoms with Crippen molar-refractivity contribution < 1.29 is 19.4 Å². The second-order valence-corrected chi connectivity index (χ2v) is 5.66. The smallest absolute Gasteiger partial charge is 0.355 e. The summed E-state index contributed by atoms with van der Waals surface area (Å²) in [4.78, 5) is 26.9. The maximum Gasteiger partial charge on any atom is 0.355 e. The minimum absolute atomic E-state index is 0.215. The molecule has 1 atom stereocenters. The first-order valence-electron chi connectivity index (χ1n) is 7.67. The fourth-order valence-corrected chi connectivity index (χ4v) is 2.66. The van der Waals surface area contributed by atoms with Gasteiger partial charge in [-0.05, 0) is 44.5 Å². The number of rotatable bonds is 5. The van der Waals surface area contributed by atoms with Crippen molar-refractivity contribution in [2.45, 2.75) is 26.9 Å². The summed E-state index contributed by atoms with van der Waals surface area (Å²) in [6.07, 6.45) is -0.714. The number of carbonyl (C=O) groups excluding carboxylic acids is 2. The number of amides is 1. The maximum atomic E-state index is 12.2. The van der Waals surface area contributed by atoms with E-state index in [-0.39, 0.29) is 5.69 Å². The van der Waals surface area contributed by atoms with Crippen LogP contribution in [0.3, 0.4) is 0 Å². The molecule has 1 aromatic heterocycles. The molecule has 0 fully saturated rings. The summed E-state index contributed by atoms with van der Waals surface area (Å²) in [5, 5.41) is 21.1. The van der Waals surface area contributed by atoms with E-state index in [9.17, 15) is 14.7 Å². The number of aromatic nitrogens is 1. The van der Waals surface area contributed by atoms with Crippen LogP contribution in [0.2, 0.25) is 0 Å². The minimum Gasteiger partial charge on any atom is -0.451 e. The zero-order valence-corrected chi connectivity index (χ0v) is 14.2. The Balaban J connectivity index is 1.99. The number of anilines is 1. The van der Waals surface area contributed by atoms with E-state index in [4.69, 9.17) is 10.00 Å². The Kier molecular flexibility index (Phi) is 5.57. The summed E-state index contributed by atoms with van der Waals surface area (Å²) in [7, 11) is 0. The number of H-pyrrole nitrogens is 1. The lowest BCUT2D eigenvalue weighted by Crippen LogP contribution is -2.21. The number of hydrogen-bond donors (Lipinski definition) is 3. The number of carbonyl (C=O) groups is 2. The second-order valence-electron chi connectivity index (χ2n) is 5.66. The lowest BCUT2D eigenvalue weighted by Gasteiger charge is -2.07. The SMILES string of the molecule is Cc1[nH]c(C(=O)OCC(=O)Nc2cccc(C#N)c2)c(C)c1[C@H](C)O. The molecule has 1 amide bonds. The number of nitriles is 1. The van der Waals surface area contributed by atoms with Crippen molar-refractivity contribution in [2.24, 2.45) is 0 Å². The summed E-state index contributed by atoms with van der Waals surface area (Å²) < 4.78 is 5.02. The van der Waals surface area contributed by atoms with Gasteiger partial charge in [-0.3, -0.25) is 4.79 Å². The van der Waals surface area contributed by atoms with E-state index in [1.165, 1.54) is 6.07 Å². The van der Waals surface area contributed by atoms with Gasteiger partial charge in [-0.1, -0.05) is 6.07 Å². The zero-order valence-electron chi connectivity index (χ0n) is 14.2. The van der Waals surface area contributed by atoms with Crippen molar-refractivity contribution in [1.29, 1.82) is 5.26 Å². The first-order valence-corrected chi connectivity index (χ1v) is 7.67. The number of esters is 1. The third-order valence-corrected chi connectivity index (χ3v) is 3.73. The highest BCUT2D eigenvalue weighted by Gasteiger charge is 2.21. The molecular formula is C18H19N3O4. The van der Waals surface area contributed by atoms with E-state index in [0.29, 0.717) is 28.1 Å². The number of nitrogens with one attached hydrogen (secondary N) is 2. The summed E-state index contributed by atoms with van der Waals surface area (Å²) in [6, 6.07) is 8.39. The van der Waals surface area contributed by atoms with Crippen LogP contribution in [0.1, 0.15) is 45.9 Å². The van der Waals surface area contributed by atoms with E-state index in [1.807, 2.05) is 6.07 Å². The fourth-order valence-electron chi connectivity index (χ4n) is 2.66. The largest absolute Gasteiger partial charge is 0.451 e. The average molecular weight is 341 g/mol. The molecule has 0 aliphatic carbocycles. The quantitative estimate of drug-likeness (QED) is 0.722. The molecule has 7 nitrogen and oxygen atoms in total. The van der Waals surface area contributed by atoms with Crippen molar-refractivity contribution in [1.82, 2.24) is 4.98 Å². The number of aryl methyl sites for hydroxylation is 1. The van der Waals surface area contributed by atoms with E-state index in [2.05, 4.69) is 10.3 Å². The Bertz CT molecular complexity index is 846. The molecule has 0 unspecified atom stereocenters. The Hall–Kier alpha value is -3.11. The monoisotopic (exact) mass is 341 g/mol. The molecule has 130 valence electrons. The van der Waals surface area contributed by atoms with E-state index in [0.717, 1.165) is 0 Å². The molecule has 25 heavy (non-hydrogen) atoms. The van der Waals surface area contributed by atoms with Gasteiger partial charge < -0.3 is 20.1 Å². The molecule has 0 spiro atoms. The van der Waals surface area contributed by atoms with Gasteiger partial charge >= 0.3 is 5.97 Å². The van der Waals surface area contributed by atoms with Crippen molar-refractivity contribution in [2.75, 3.05) is 11.9 Å². The summed E-state index contributed by atoms with van der Waals surface area (Å²) in [5.41, 5.74) is 3.00. The van der Waals surface area contributed by atoms with Gasteiger partial charge in [-0.2, -0.15) is 5.26 Å². The van der Waals surface area contributed by atoms with Crippen molar-refractivity contribution >= 4 is 17.6 Å². The van der Waals surface area contributed by atoms with Crippen molar-refractivity contribution in [3.05, 3.63) is 52.3 Å². The molecular weight excluding hydrogens is 322 g/mol. The van der Waals surface area contributed by atoms with Gasteiger partial charge in [0.25, 0.3) is 5.91 Å². The highest BCUT2D eigenvalue weighted by Crippen LogP contribution is 2.24. The van der Waals surface area contributed by atoms with Crippen LogP contribution >= 0.6 is 0 Å². The van der Waals surface area contributed by atoms with Gasteiger partial charge in [0, 0.05) is 16.9 Å². The molecule has 0 aliphatic rings. The van der Waals surface area contributed by atoms with Crippen LogP contribution in [0.5, 0.6) is 0 Å². The van der Waals surface area contributed by atoms with Crippen LogP contribution in [-0.4, -0.2) is 28.6 Å². The Labute approximate surface area is 145 Å². The molecule has 2 aromatic rings.